The van der Waals surface area contributed by atoms with Gasteiger partial charge in [0, 0.05) is 24.5 Å². The maximum absolute atomic E-state index is 6.35. The lowest BCUT2D eigenvalue weighted by Gasteiger charge is -2.27. The molecule has 0 radical (unpaired) electrons. The quantitative estimate of drug-likeness (QED) is 0.863. The van der Waals surface area contributed by atoms with Crippen LogP contribution in [0.5, 0.6) is 0 Å². The number of alkyl halides is 1. The lowest BCUT2D eigenvalue weighted by molar-refractivity contribution is 0.348. The van der Waals surface area contributed by atoms with Crippen molar-refractivity contribution in [3.05, 3.63) is 16.4 Å². The summed E-state index contributed by atoms with van der Waals surface area (Å²) in [5.74, 6) is 0.594. The molecule has 1 aromatic heterocycles. The molecule has 0 saturated heterocycles. The van der Waals surface area contributed by atoms with Crippen molar-refractivity contribution in [2.75, 3.05) is 6.54 Å². The van der Waals surface area contributed by atoms with Gasteiger partial charge in [0.05, 0.1) is 5.69 Å². The van der Waals surface area contributed by atoms with Gasteiger partial charge >= 0.3 is 0 Å². The van der Waals surface area contributed by atoms with Crippen molar-refractivity contribution in [1.29, 1.82) is 0 Å². The Balaban J connectivity index is 1.84. The number of nitrogens with one attached hydrogen (secondary N) is 1. The van der Waals surface area contributed by atoms with E-state index in [4.69, 9.17) is 23.2 Å². The highest BCUT2D eigenvalue weighted by Gasteiger charge is 2.22. The molecule has 1 aliphatic rings. The zero-order chi connectivity index (χ0) is 13.1. The first kappa shape index (κ1) is 14.2. The molecule has 0 bridgehead atoms. The van der Waals surface area contributed by atoms with E-state index in [1.165, 1.54) is 19.3 Å². The van der Waals surface area contributed by atoms with Crippen LogP contribution in [0.1, 0.15) is 36.9 Å². The summed E-state index contributed by atoms with van der Waals surface area (Å²) < 4.78 is 1.72. The molecule has 102 valence electrons. The van der Waals surface area contributed by atoms with Crippen LogP contribution in [0, 0.1) is 12.8 Å². The molecule has 0 amide bonds. The molecule has 2 rings (SSSR count). The summed E-state index contributed by atoms with van der Waals surface area (Å²) in [6.07, 6.45) is 4.97. The first-order valence-corrected chi connectivity index (χ1v) is 7.43. The summed E-state index contributed by atoms with van der Waals surface area (Å²) in [6, 6.07) is 0. The minimum Gasteiger partial charge on any atom is -0.312 e. The summed E-state index contributed by atoms with van der Waals surface area (Å²) in [6.45, 7) is 3.74. The topological polar surface area (TPSA) is 29.9 Å². The summed E-state index contributed by atoms with van der Waals surface area (Å²) in [5.41, 5.74) is 2.10. The predicted molar refractivity (Wildman–Crippen MR) is 76.3 cm³/mol. The van der Waals surface area contributed by atoms with E-state index in [0.29, 0.717) is 11.3 Å². The Labute approximate surface area is 119 Å². The minimum atomic E-state index is 0.330. The number of aryl methyl sites for hydroxylation is 2. The van der Waals surface area contributed by atoms with Gasteiger partial charge in [-0.2, -0.15) is 5.10 Å². The monoisotopic (exact) mass is 289 g/mol. The molecular formula is C13H21Cl2N3. The Morgan fingerprint density at radius 3 is 2.72 bits per heavy atom. The number of nitrogens with zero attached hydrogens (tertiary/aromatic N) is 2. The van der Waals surface area contributed by atoms with Crippen LogP contribution < -0.4 is 5.32 Å². The SMILES string of the molecule is Cc1nn(C)c(Cl)c1CNCC1CCCCC1Cl. The van der Waals surface area contributed by atoms with Crippen molar-refractivity contribution < 1.29 is 0 Å². The zero-order valence-electron chi connectivity index (χ0n) is 11.0. The van der Waals surface area contributed by atoms with Crippen LogP contribution in [-0.2, 0) is 13.6 Å². The van der Waals surface area contributed by atoms with E-state index in [9.17, 15) is 0 Å². The Morgan fingerprint density at radius 2 is 2.11 bits per heavy atom. The second-order valence-electron chi connectivity index (χ2n) is 5.17. The van der Waals surface area contributed by atoms with E-state index in [1.807, 2.05) is 14.0 Å². The molecule has 2 unspecified atom stereocenters. The summed E-state index contributed by atoms with van der Waals surface area (Å²) in [4.78, 5) is 0. The second-order valence-corrected chi connectivity index (χ2v) is 6.09. The highest BCUT2D eigenvalue weighted by atomic mass is 35.5. The van der Waals surface area contributed by atoms with E-state index < -0.39 is 0 Å². The van der Waals surface area contributed by atoms with Crippen molar-refractivity contribution in [2.24, 2.45) is 13.0 Å². The smallest absolute Gasteiger partial charge is 0.131 e. The fourth-order valence-electron chi connectivity index (χ4n) is 2.65. The third-order valence-electron chi connectivity index (χ3n) is 3.79. The third kappa shape index (κ3) is 3.19. The average Bonchev–Trinajstić information content (AvgIpc) is 2.58. The Bertz CT molecular complexity index is 403. The molecule has 1 aromatic rings. The van der Waals surface area contributed by atoms with Gasteiger partial charge in [0.1, 0.15) is 5.15 Å². The van der Waals surface area contributed by atoms with Crippen LogP contribution in [0.25, 0.3) is 0 Å². The summed E-state index contributed by atoms with van der Waals surface area (Å²) in [5, 5.41) is 8.84. The predicted octanol–water partition coefficient (Wildman–Crippen LogP) is 3.27. The molecule has 0 spiro atoms. The molecular weight excluding hydrogens is 269 g/mol. The maximum Gasteiger partial charge on any atom is 0.131 e. The van der Waals surface area contributed by atoms with Gasteiger partial charge in [-0.15, -0.1) is 11.6 Å². The molecule has 3 nitrogen and oxygen atoms in total. The Hall–Kier alpha value is -0.250. The molecule has 5 heteroatoms. The molecule has 1 N–H and O–H groups in total. The molecule has 0 aliphatic heterocycles. The van der Waals surface area contributed by atoms with E-state index in [1.54, 1.807) is 4.68 Å². The third-order valence-corrected chi connectivity index (χ3v) is 4.84. The van der Waals surface area contributed by atoms with Gasteiger partial charge in [-0.1, -0.05) is 24.4 Å². The van der Waals surface area contributed by atoms with E-state index in [-0.39, 0.29) is 0 Å². The Morgan fingerprint density at radius 1 is 1.39 bits per heavy atom. The number of hydrogen-bond acceptors (Lipinski definition) is 2. The lowest BCUT2D eigenvalue weighted by atomic mass is 9.89. The van der Waals surface area contributed by atoms with Gasteiger partial charge in [-0.05, 0) is 32.2 Å². The fourth-order valence-corrected chi connectivity index (χ4v) is 3.26. The lowest BCUT2D eigenvalue weighted by Crippen LogP contribution is -2.31. The van der Waals surface area contributed by atoms with Crippen LogP contribution in [-0.4, -0.2) is 21.7 Å². The highest BCUT2D eigenvalue weighted by molar-refractivity contribution is 6.30. The van der Waals surface area contributed by atoms with Gasteiger partial charge in [-0.3, -0.25) is 4.68 Å². The largest absolute Gasteiger partial charge is 0.312 e. The van der Waals surface area contributed by atoms with E-state index in [2.05, 4.69) is 10.4 Å². The molecule has 1 aliphatic carbocycles. The summed E-state index contributed by atoms with van der Waals surface area (Å²) in [7, 11) is 1.87. The average molecular weight is 290 g/mol. The van der Waals surface area contributed by atoms with Crippen LogP contribution >= 0.6 is 23.2 Å². The number of hydrogen-bond donors (Lipinski definition) is 1. The van der Waals surface area contributed by atoms with Gasteiger partial charge in [-0.25, -0.2) is 0 Å². The molecule has 1 fully saturated rings. The van der Waals surface area contributed by atoms with Gasteiger partial charge in [0.2, 0.25) is 0 Å². The van der Waals surface area contributed by atoms with Crippen LogP contribution in [0.3, 0.4) is 0 Å². The molecule has 2 atom stereocenters. The Kier molecular flexibility index (Phi) is 4.93. The van der Waals surface area contributed by atoms with Crippen molar-refractivity contribution in [2.45, 2.75) is 44.5 Å². The minimum absolute atomic E-state index is 0.330. The van der Waals surface area contributed by atoms with Gasteiger partial charge < -0.3 is 5.32 Å². The first-order valence-electron chi connectivity index (χ1n) is 6.62. The molecule has 1 heterocycles. The highest BCUT2D eigenvalue weighted by Crippen LogP contribution is 2.28. The van der Waals surface area contributed by atoms with Crippen molar-refractivity contribution in [3.8, 4) is 0 Å². The van der Waals surface area contributed by atoms with E-state index >= 15 is 0 Å². The standard InChI is InChI=1S/C13H21Cl2N3/c1-9-11(13(15)18(2)17-9)8-16-7-10-5-3-4-6-12(10)14/h10,12,16H,3-8H2,1-2H3. The second kappa shape index (κ2) is 6.27. The molecule has 18 heavy (non-hydrogen) atoms. The number of rotatable bonds is 4. The van der Waals surface area contributed by atoms with Crippen LogP contribution in [0.2, 0.25) is 5.15 Å². The van der Waals surface area contributed by atoms with Crippen LogP contribution in [0.4, 0.5) is 0 Å². The first-order chi connectivity index (χ1) is 8.59. The maximum atomic E-state index is 6.35. The van der Waals surface area contributed by atoms with E-state index in [0.717, 1.165) is 35.9 Å². The normalized spacial score (nSPS) is 24.4. The van der Waals surface area contributed by atoms with Crippen molar-refractivity contribution in [3.63, 3.8) is 0 Å². The van der Waals surface area contributed by atoms with Crippen molar-refractivity contribution in [1.82, 2.24) is 15.1 Å². The summed E-state index contributed by atoms with van der Waals surface area (Å²) >= 11 is 12.5. The number of aromatic nitrogens is 2. The fraction of sp³-hybridized carbons (Fsp3) is 0.769. The van der Waals surface area contributed by atoms with Crippen LogP contribution in [0.15, 0.2) is 0 Å². The van der Waals surface area contributed by atoms with Gasteiger partial charge in [0.15, 0.2) is 0 Å². The van der Waals surface area contributed by atoms with Gasteiger partial charge in [0.25, 0.3) is 0 Å². The van der Waals surface area contributed by atoms with Crippen molar-refractivity contribution >= 4 is 23.2 Å². The molecule has 1 saturated carbocycles. The zero-order valence-corrected chi connectivity index (χ0v) is 12.6. The molecule has 0 aromatic carbocycles. The number of halogens is 2.